The maximum Gasteiger partial charge on any atom is 0.459 e. The molecule has 0 spiro atoms. The van der Waals surface area contributed by atoms with Crippen molar-refractivity contribution in [2.75, 3.05) is 25.1 Å². The molecule has 1 aliphatic carbocycles. The highest BCUT2D eigenvalue weighted by Gasteiger charge is 2.53. The van der Waals surface area contributed by atoms with E-state index >= 15 is 0 Å². The zero-order valence-electron chi connectivity index (χ0n) is 18.8. The van der Waals surface area contributed by atoms with E-state index in [1.54, 1.807) is 19.9 Å². The molecule has 0 saturated heterocycles. The molecule has 1 fully saturated rings. The van der Waals surface area contributed by atoms with Gasteiger partial charge in [0.15, 0.2) is 0 Å². The van der Waals surface area contributed by atoms with Crippen molar-refractivity contribution in [3.63, 3.8) is 0 Å². The summed E-state index contributed by atoms with van der Waals surface area (Å²) in [6.07, 6.45) is 5.32. The van der Waals surface area contributed by atoms with Gasteiger partial charge in [0.25, 0.3) is 5.91 Å². The molecule has 1 saturated carbocycles. The molecule has 10 heteroatoms. The van der Waals surface area contributed by atoms with Crippen molar-refractivity contribution >= 4 is 41.1 Å². The van der Waals surface area contributed by atoms with Crippen molar-refractivity contribution in [1.29, 1.82) is 0 Å². The van der Waals surface area contributed by atoms with Crippen LogP contribution in [-0.4, -0.2) is 59.1 Å². The second kappa shape index (κ2) is 9.56. The van der Waals surface area contributed by atoms with Gasteiger partial charge in [0, 0.05) is 20.0 Å². The summed E-state index contributed by atoms with van der Waals surface area (Å²) in [5.41, 5.74) is -0.432. The fourth-order valence-electron chi connectivity index (χ4n) is 4.04. The summed E-state index contributed by atoms with van der Waals surface area (Å²) < 4.78 is -0.634. The van der Waals surface area contributed by atoms with Crippen LogP contribution in [0.15, 0.2) is 23.3 Å². The summed E-state index contributed by atoms with van der Waals surface area (Å²) in [6.45, 7) is 3.89. The number of urea groups is 2. The number of nitrogens with zero attached hydrogens (tertiary/aromatic N) is 3. The summed E-state index contributed by atoms with van der Waals surface area (Å²) in [5, 5.41) is 21.8. The van der Waals surface area contributed by atoms with Crippen LogP contribution in [0.25, 0.3) is 0 Å². The van der Waals surface area contributed by atoms with Crippen LogP contribution in [0.1, 0.15) is 62.7 Å². The van der Waals surface area contributed by atoms with Crippen molar-refractivity contribution in [2.24, 2.45) is 5.10 Å². The first kappa shape index (κ1) is 24.2. The van der Waals surface area contributed by atoms with E-state index in [-0.39, 0.29) is 17.1 Å². The quantitative estimate of drug-likeness (QED) is 0.456. The molecule has 5 amide bonds. The number of hydrogen-bond acceptors (Lipinski definition) is 5. The zero-order valence-corrected chi connectivity index (χ0v) is 19.5. The van der Waals surface area contributed by atoms with Crippen molar-refractivity contribution < 1.29 is 24.0 Å². The molecular formula is C22H31ClN5O4+. The van der Waals surface area contributed by atoms with Gasteiger partial charge in [-0.3, -0.25) is 4.79 Å². The Hall–Kier alpha value is -2.49. The standard InChI is InChI=1S/C22H30ClN5O4/c1-4-24-20(30)28(3)15(2)26-27(21(28)31)16-9-10-18(23)17(13-16)19(29)25-14-22(32)11-7-5-6-8-12-22/h9-10,13,32H,4-8,11-12,14H2,1-3H3,(H-,24,25,29,30)/p+1. The first-order chi connectivity index (χ1) is 15.1. The third-order valence-electron chi connectivity index (χ3n) is 6.24. The number of halogens is 1. The lowest BCUT2D eigenvalue weighted by Gasteiger charge is -2.27. The van der Waals surface area contributed by atoms with Gasteiger partial charge < -0.3 is 15.7 Å². The third-order valence-corrected chi connectivity index (χ3v) is 6.57. The molecule has 1 aliphatic heterocycles. The van der Waals surface area contributed by atoms with Gasteiger partial charge in [-0.25, -0.2) is 9.59 Å². The maximum atomic E-state index is 13.1. The second-order valence-electron chi connectivity index (χ2n) is 8.57. The minimum Gasteiger partial charge on any atom is -0.388 e. The van der Waals surface area contributed by atoms with Crippen LogP contribution < -0.4 is 15.6 Å². The lowest BCUT2D eigenvalue weighted by molar-refractivity contribution is -0.639. The Morgan fingerprint density at radius 3 is 2.50 bits per heavy atom. The number of hydrogen-bond donors (Lipinski definition) is 3. The predicted molar refractivity (Wildman–Crippen MR) is 123 cm³/mol. The lowest BCUT2D eigenvalue weighted by Crippen LogP contribution is -2.59. The normalized spacial score (nSPS) is 22.8. The number of amides is 5. The van der Waals surface area contributed by atoms with Crippen LogP contribution in [0.4, 0.5) is 15.3 Å². The molecule has 0 bridgehead atoms. The molecule has 0 aromatic heterocycles. The summed E-state index contributed by atoms with van der Waals surface area (Å²) in [5.74, 6) is -0.139. The Morgan fingerprint density at radius 1 is 1.22 bits per heavy atom. The van der Waals surface area contributed by atoms with E-state index in [0.717, 1.165) is 30.7 Å². The van der Waals surface area contributed by atoms with E-state index in [9.17, 15) is 19.5 Å². The molecule has 32 heavy (non-hydrogen) atoms. The Kier molecular flexibility index (Phi) is 7.22. The van der Waals surface area contributed by atoms with Gasteiger partial charge in [-0.1, -0.05) is 37.3 Å². The fourth-order valence-corrected chi connectivity index (χ4v) is 4.24. The summed E-state index contributed by atoms with van der Waals surface area (Å²) in [7, 11) is 1.48. The first-order valence-electron chi connectivity index (χ1n) is 11.0. The van der Waals surface area contributed by atoms with Gasteiger partial charge in [0.2, 0.25) is 5.84 Å². The number of hydrazone groups is 1. The number of aliphatic hydroxyl groups is 1. The zero-order chi connectivity index (χ0) is 23.5. The molecule has 1 heterocycles. The average Bonchev–Trinajstić information content (AvgIpc) is 2.90. The number of carbonyl (C=O) groups excluding carboxylic acids is 3. The average molecular weight is 465 g/mol. The van der Waals surface area contributed by atoms with Crippen LogP contribution >= 0.6 is 11.6 Å². The molecule has 2 aliphatic rings. The smallest absolute Gasteiger partial charge is 0.388 e. The number of anilines is 1. The lowest BCUT2D eigenvalue weighted by atomic mass is 9.94. The topological polar surface area (TPSA) is 111 Å². The van der Waals surface area contributed by atoms with E-state index in [4.69, 9.17) is 11.6 Å². The van der Waals surface area contributed by atoms with Gasteiger partial charge in [0.05, 0.1) is 28.9 Å². The molecule has 3 rings (SSSR count). The predicted octanol–water partition coefficient (Wildman–Crippen LogP) is 3.60. The number of quaternary nitrogens is 1. The second-order valence-corrected chi connectivity index (χ2v) is 8.98. The minimum absolute atomic E-state index is 0.137. The molecule has 1 atom stereocenters. The summed E-state index contributed by atoms with van der Waals surface area (Å²) in [4.78, 5) is 38.4. The molecule has 1 aromatic rings. The molecule has 0 radical (unpaired) electrons. The van der Waals surface area contributed by atoms with E-state index in [1.807, 2.05) is 0 Å². The molecule has 1 aromatic carbocycles. The van der Waals surface area contributed by atoms with Gasteiger partial charge >= 0.3 is 12.1 Å². The van der Waals surface area contributed by atoms with Gasteiger partial charge in [0.1, 0.15) is 0 Å². The van der Waals surface area contributed by atoms with Crippen LogP contribution in [-0.2, 0) is 0 Å². The number of nitrogens with one attached hydrogen (secondary N) is 2. The minimum atomic E-state index is -0.922. The molecule has 1 unspecified atom stereocenters. The molecule has 174 valence electrons. The van der Waals surface area contributed by atoms with E-state index in [1.165, 1.54) is 19.2 Å². The first-order valence-corrected chi connectivity index (χ1v) is 11.4. The number of imide groups is 1. The Labute approximate surface area is 193 Å². The van der Waals surface area contributed by atoms with E-state index in [2.05, 4.69) is 15.7 Å². The van der Waals surface area contributed by atoms with Crippen molar-refractivity contribution in [3.05, 3.63) is 28.8 Å². The Morgan fingerprint density at radius 2 is 1.88 bits per heavy atom. The third kappa shape index (κ3) is 4.65. The molecule has 3 N–H and O–H groups in total. The Balaban J connectivity index is 1.79. The van der Waals surface area contributed by atoms with E-state index in [0.29, 0.717) is 30.9 Å². The highest BCUT2D eigenvalue weighted by Crippen LogP contribution is 2.30. The van der Waals surface area contributed by atoms with Crippen LogP contribution in [0, 0.1) is 0 Å². The van der Waals surface area contributed by atoms with E-state index < -0.39 is 28.1 Å². The molecule has 9 nitrogen and oxygen atoms in total. The largest absolute Gasteiger partial charge is 0.459 e. The number of rotatable bonds is 5. The van der Waals surface area contributed by atoms with Gasteiger partial charge in [-0.15, -0.1) is 14.6 Å². The molecular weight excluding hydrogens is 434 g/mol. The SMILES string of the molecule is CCNC(=O)[N+]1(C)C(=O)N(c2ccc(Cl)c(C(=O)NCC3(O)CCCCCC3)c2)N=C1C. The summed E-state index contributed by atoms with van der Waals surface area (Å²) >= 11 is 6.26. The van der Waals surface area contributed by atoms with Gasteiger partial charge in [-0.05, 0) is 38.0 Å². The number of carbonyl (C=O) groups is 3. The number of benzene rings is 1. The fraction of sp³-hybridized carbons (Fsp3) is 0.545. The van der Waals surface area contributed by atoms with Crippen LogP contribution in [0.2, 0.25) is 5.02 Å². The monoisotopic (exact) mass is 464 g/mol. The summed E-state index contributed by atoms with van der Waals surface area (Å²) in [6, 6.07) is 3.51. The van der Waals surface area contributed by atoms with Crippen molar-refractivity contribution in [2.45, 2.75) is 58.0 Å². The highest BCUT2D eigenvalue weighted by atomic mass is 35.5. The van der Waals surface area contributed by atoms with Crippen molar-refractivity contribution in [3.8, 4) is 0 Å². The maximum absolute atomic E-state index is 13.1. The van der Waals surface area contributed by atoms with Gasteiger partial charge in [-0.2, -0.15) is 0 Å². The highest BCUT2D eigenvalue weighted by molar-refractivity contribution is 6.34. The van der Waals surface area contributed by atoms with Crippen LogP contribution in [0.5, 0.6) is 0 Å². The Bertz CT molecular complexity index is 942. The van der Waals surface area contributed by atoms with Crippen molar-refractivity contribution in [1.82, 2.24) is 10.6 Å². The van der Waals surface area contributed by atoms with Crippen LogP contribution in [0.3, 0.4) is 0 Å². The number of amidine groups is 1.